The fourth-order valence-corrected chi connectivity index (χ4v) is 3.46. The quantitative estimate of drug-likeness (QED) is 0.328. The fraction of sp³-hybridized carbons (Fsp3) is 0. The molecule has 4 rings (SSSR count). The zero-order valence-electron chi connectivity index (χ0n) is 14.0. The van der Waals surface area contributed by atoms with Crippen molar-refractivity contribution in [2.75, 3.05) is 5.32 Å². The lowest BCUT2D eigenvalue weighted by molar-refractivity contribution is 0.102. The average Bonchev–Trinajstić information content (AvgIpc) is 2.69. The number of carbonyl (C=O) groups is 1. The Morgan fingerprint density at radius 2 is 1.81 bits per heavy atom. The van der Waals surface area contributed by atoms with Crippen LogP contribution < -0.4 is 5.32 Å². The Morgan fingerprint density at radius 1 is 0.963 bits per heavy atom. The summed E-state index contributed by atoms with van der Waals surface area (Å²) in [4.78, 5) is 20.4. The van der Waals surface area contributed by atoms with E-state index in [2.05, 4.69) is 37.9 Å². The molecular weight excluding hydrogens is 456 g/mol. The number of nitrogens with zero attached hydrogens (tertiary/aromatic N) is 2. The molecule has 2 aromatic carbocycles. The van der Waals surface area contributed by atoms with Crippen LogP contribution >= 0.6 is 22.6 Å². The van der Waals surface area contributed by atoms with Crippen molar-refractivity contribution in [1.29, 1.82) is 0 Å². The van der Waals surface area contributed by atoms with E-state index in [0.717, 1.165) is 25.6 Å². The summed E-state index contributed by atoms with van der Waals surface area (Å²) in [5.74, 6) is -1.34. The third-order valence-corrected chi connectivity index (χ3v) is 5.10. The highest BCUT2D eigenvalue weighted by Gasteiger charge is 2.14. The molecule has 0 unspecified atom stereocenters. The van der Waals surface area contributed by atoms with Gasteiger partial charge in [0.2, 0.25) is 5.95 Å². The second-order valence-corrected chi connectivity index (χ2v) is 7.03. The molecule has 0 aliphatic heterocycles. The van der Waals surface area contributed by atoms with Crippen molar-refractivity contribution in [3.05, 3.63) is 88.1 Å². The molecule has 27 heavy (non-hydrogen) atoms. The average molecular weight is 469 g/mol. The summed E-state index contributed by atoms with van der Waals surface area (Å²) in [6.45, 7) is 0. The summed E-state index contributed by atoms with van der Waals surface area (Å²) in [7, 11) is 0. The Hall–Kier alpha value is -2.87. The van der Waals surface area contributed by atoms with Crippen LogP contribution in [-0.2, 0) is 0 Å². The highest BCUT2D eigenvalue weighted by molar-refractivity contribution is 14.1. The van der Waals surface area contributed by atoms with Crippen LogP contribution in [0.15, 0.2) is 73.1 Å². The van der Waals surface area contributed by atoms with Gasteiger partial charge >= 0.3 is 0 Å². The molecule has 4 aromatic rings. The summed E-state index contributed by atoms with van der Waals surface area (Å²) in [6, 6.07) is 18.4. The highest BCUT2D eigenvalue weighted by Crippen LogP contribution is 2.32. The van der Waals surface area contributed by atoms with E-state index in [1.807, 2.05) is 42.5 Å². The molecule has 132 valence electrons. The van der Waals surface area contributed by atoms with Crippen molar-refractivity contribution >= 4 is 45.0 Å². The van der Waals surface area contributed by atoms with Gasteiger partial charge in [-0.3, -0.25) is 9.78 Å². The van der Waals surface area contributed by atoms with Crippen LogP contribution in [0.3, 0.4) is 0 Å². The predicted octanol–water partition coefficient (Wildman–Crippen LogP) is 5.29. The summed E-state index contributed by atoms with van der Waals surface area (Å²) in [5, 5.41) is 4.85. The normalized spacial score (nSPS) is 10.7. The number of benzene rings is 2. The second-order valence-electron chi connectivity index (χ2n) is 5.87. The molecule has 2 aromatic heterocycles. The van der Waals surface area contributed by atoms with E-state index in [1.165, 1.54) is 18.3 Å². The maximum atomic E-state index is 13.7. The maximum Gasteiger partial charge on any atom is 0.260 e. The monoisotopic (exact) mass is 469 g/mol. The van der Waals surface area contributed by atoms with Crippen molar-refractivity contribution in [3.8, 4) is 11.3 Å². The van der Waals surface area contributed by atoms with E-state index in [0.29, 0.717) is 5.69 Å². The van der Waals surface area contributed by atoms with Gasteiger partial charge in [-0.2, -0.15) is 4.39 Å². The molecule has 0 fully saturated rings. The van der Waals surface area contributed by atoms with Gasteiger partial charge in [-0.1, -0.05) is 24.3 Å². The van der Waals surface area contributed by atoms with Gasteiger partial charge < -0.3 is 5.32 Å². The Kier molecular flexibility index (Phi) is 4.81. The molecule has 1 amide bonds. The summed E-state index contributed by atoms with van der Waals surface area (Å²) in [6.07, 6.45) is 3.07. The number of pyridine rings is 2. The summed E-state index contributed by atoms with van der Waals surface area (Å²) in [5.41, 5.74) is 2.20. The van der Waals surface area contributed by atoms with Crippen LogP contribution in [-0.4, -0.2) is 15.9 Å². The first kappa shape index (κ1) is 17.5. The van der Waals surface area contributed by atoms with Gasteiger partial charge in [-0.05, 0) is 64.4 Å². The zero-order valence-corrected chi connectivity index (χ0v) is 16.1. The summed E-state index contributed by atoms with van der Waals surface area (Å²) >= 11 is 2.24. The van der Waals surface area contributed by atoms with Gasteiger partial charge in [0.25, 0.3) is 5.91 Å². The SMILES string of the molecule is O=C(Nc1ccc(I)c(-c2nccc3ccccc23)c1)c1cccnc1F. The first-order valence-electron chi connectivity index (χ1n) is 8.19. The molecule has 0 aliphatic carbocycles. The molecule has 0 atom stereocenters. The van der Waals surface area contributed by atoms with Crippen LogP contribution in [0, 0.1) is 9.52 Å². The minimum absolute atomic E-state index is 0.0964. The number of fused-ring (bicyclic) bond motifs is 1. The lowest BCUT2D eigenvalue weighted by Crippen LogP contribution is -2.14. The third kappa shape index (κ3) is 3.52. The van der Waals surface area contributed by atoms with Gasteiger partial charge in [-0.15, -0.1) is 0 Å². The van der Waals surface area contributed by atoms with Gasteiger partial charge in [0.1, 0.15) is 0 Å². The van der Waals surface area contributed by atoms with Crippen molar-refractivity contribution in [3.63, 3.8) is 0 Å². The molecule has 0 saturated carbocycles. The molecule has 6 heteroatoms. The smallest absolute Gasteiger partial charge is 0.260 e. The van der Waals surface area contributed by atoms with E-state index >= 15 is 0 Å². The van der Waals surface area contributed by atoms with Gasteiger partial charge in [0, 0.05) is 32.6 Å². The number of aromatic nitrogens is 2. The Balaban J connectivity index is 1.74. The molecular formula is C21H13FIN3O. The van der Waals surface area contributed by atoms with Crippen LogP contribution in [0.1, 0.15) is 10.4 Å². The first-order valence-corrected chi connectivity index (χ1v) is 9.27. The van der Waals surface area contributed by atoms with Gasteiger partial charge in [-0.25, -0.2) is 4.98 Å². The van der Waals surface area contributed by atoms with Crippen LogP contribution in [0.4, 0.5) is 10.1 Å². The predicted molar refractivity (Wildman–Crippen MR) is 112 cm³/mol. The molecule has 0 bridgehead atoms. The van der Waals surface area contributed by atoms with E-state index in [4.69, 9.17) is 0 Å². The van der Waals surface area contributed by atoms with Gasteiger partial charge in [0.05, 0.1) is 11.3 Å². The van der Waals surface area contributed by atoms with Crippen LogP contribution in [0.5, 0.6) is 0 Å². The van der Waals surface area contributed by atoms with E-state index in [-0.39, 0.29) is 5.56 Å². The standard InChI is InChI=1S/C21H13FIN3O/c22-20-16(6-3-10-25-20)21(27)26-14-7-8-18(23)17(12-14)19-15-5-2-1-4-13(15)9-11-24-19/h1-12H,(H,26,27). The molecule has 1 N–H and O–H groups in total. The number of nitrogens with one attached hydrogen (secondary N) is 1. The molecule has 0 radical (unpaired) electrons. The fourth-order valence-electron chi connectivity index (χ4n) is 2.87. The number of hydrogen-bond donors (Lipinski definition) is 1. The number of halogens is 2. The van der Waals surface area contributed by atoms with E-state index < -0.39 is 11.9 Å². The number of rotatable bonds is 3. The molecule has 0 aliphatic rings. The lowest BCUT2D eigenvalue weighted by Gasteiger charge is -2.11. The molecule has 4 nitrogen and oxygen atoms in total. The van der Waals surface area contributed by atoms with Crippen LogP contribution in [0.25, 0.3) is 22.0 Å². The third-order valence-electron chi connectivity index (χ3n) is 4.16. The van der Waals surface area contributed by atoms with Crippen molar-refractivity contribution in [2.45, 2.75) is 0 Å². The Labute approximate surface area is 168 Å². The first-order chi connectivity index (χ1) is 13.1. The van der Waals surface area contributed by atoms with Crippen molar-refractivity contribution in [1.82, 2.24) is 9.97 Å². The van der Waals surface area contributed by atoms with Crippen LogP contribution in [0.2, 0.25) is 0 Å². The lowest BCUT2D eigenvalue weighted by atomic mass is 10.0. The van der Waals surface area contributed by atoms with Crippen molar-refractivity contribution in [2.24, 2.45) is 0 Å². The molecule has 0 saturated heterocycles. The molecule has 2 heterocycles. The molecule has 0 spiro atoms. The van der Waals surface area contributed by atoms with E-state index in [9.17, 15) is 9.18 Å². The number of carbonyl (C=O) groups excluding carboxylic acids is 1. The summed E-state index contributed by atoms with van der Waals surface area (Å²) < 4.78 is 14.7. The zero-order chi connectivity index (χ0) is 18.8. The topological polar surface area (TPSA) is 54.9 Å². The largest absolute Gasteiger partial charge is 0.322 e. The number of hydrogen-bond acceptors (Lipinski definition) is 3. The van der Waals surface area contributed by atoms with E-state index in [1.54, 1.807) is 12.3 Å². The Bertz CT molecular complexity index is 1160. The Morgan fingerprint density at radius 3 is 2.67 bits per heavy atom. The minimum atomic E-state index is -0.795. The van der Waals surface area contributed by atoms with Crippen molar-refractivity contribution < 1.29 is 9.18 Å². The number of amides is 1. The maximum absolute atomic E-state index is 13.7. The second kappa shape index (κ2) is 7.40. The minimum Gasteiger partial charge on any atom is -0.322 e. The van der Waals surface area contributed by atoms with Gasteiger partial charge in [0.15, 0.2) is 0 Å². The highest BCUT2D eigenvalue weighted by atomic mass is 127. The number of anilines is 1.